The standard InChI is InChI=1S/C17H20ClN3O3/c18-12-5-1-2-7-14(12)21-10-11(9-15(21)22)16(23)20-13-6-3-4-8-19-17(13)24/h1-2,5,7,11,13H,3-4,6,8-10H2,(H,19,24)(H,20,23). The van der Waals surface area contributed by atoms with E-state index in [0.29, 0.717) is 23.7 Å². The second kappa shape index (κ2) is 7.21. The highest BCUT2D eigenvalue weighted by atomic mass is 35.5. The fourth-order valence-corrected chi connectivity index (χ4v) is 3.39. The molecule has 2 N–H and O–H groups in total. The third-order valence-corrected chi connectivity index (χ3v) is 4.81. The zero-order valence-corrected chi connectivity index (χ0v) is 14.0. The molecule has 2 atom stereocenters. The smallest absolute Gasteiger partial charge is 0.242 e. The molecule has 3 rings (SSSR count). The minimum Gasteiger partial charge on any atom is -0.354 e. The van der Waals surface area contributed by atoms with Crippen LogP contribution in [0.5, 0.6) is 0 Å². The summed E-state index contributed by atoms with van der Waals surface area (Å²) in [5.41, 5.74) is 0.617. The lowest BCUT2D eigenvalue weighted by atomic mass is 10.1. The highest BCUT2D eigenvalue weighted by Crippen LogP contribution is 2.31. The van der Waals surface area contributed by atoms with Crippen molar-refractivity contribution in [2.45, 2.75) is 31.7 Å². The van der Waals surface area contributed by atoms with Gasteiger partial charge in [-0.15, -0.1) is 0 Å². The summed E-state index contributed by atoms with van der Waals surface area (Å²) in [6, 6.07) is 6.57. The van der Waals surface area contributed by atoms with Crippen LogP contribution in [0.15, 0.2) is 24.3 Å². The van der Waals surface area contributed by atoms with E-state index in [4.69, 9.17) is 11.6 Å². The van der Waals surface area contributed by atoms with Crippen molar-refractivity contribution < 1.29 is 14.4 Å². The van der Waals surface area contributed by atoms with Crippen molar-refractivity contribution in [3.05, 3.63) is 29.3 Å². The zero-order valence-electron chi connectivity index (χ0n) is 13.3. The highest BCUT2D eigenvalue weighted by molar-refractivity contribution is 6.33. The van der Waals surface area contributed by atoms with Gasteiger partial charge in [0.1, 0.15) is 6.04 Å². The number of rotatable bonds is 3. The van der Waals surface area contributed by atoms with E-state index in [2.05, 4.69) is 10.6 Å². The molecule has 1 aromatic rings. The molecule has 0 radical (unpaired) electrons. The molecule has 0 saturated carbocycles. The molecular formula is C17H20ClN3O3. The van der Waals surface area contributed by atoms with Gasteiger partial charge in [0.05, 0.1) is 16.6 Å². The first-order chi connectivity index (χ1) is 11.6. The summed E-state index contributed by atoms with van der Waals surface area (Å²) in [5.74, 6) is -0.994. The van der Waals surface area contributed by atoms with Crippen LogP contribution in [0.2, 0.25) is 5.02 Å². The van der Waals surface area contributed by atoms with Gasteiger partial charge in [-0.2, -0.15) is 0 Å². The molecule has 0 bridgehead atoms. The second-order valence-electron chi connectivity index (χ2n) is 6.20. The minimum absolute atomic E-state index is 0.130. The number of nitrogens with zero attached hydrogens (tertiary/aromatic N) is 1. The number of nitrogens with one attached hydrogen (secondary N) is 2. The first kappa shape index (κ1) is 16.8. The summed E-state index contributed by atoms with van der Waals surface area (Å²) < 4.78 is 0. The Labute approximate surface area is 145 Å². The van der Waals surface area contributed by atoms with Crippen molar-refractivity contribution in [3.8, 4) is 0 Å². The Hall–Kier alpha value is -2.08. The van der Waals surface area contributed by atoms with Gasteiger partial charge in [0.15, 0.2) is 0 Å². The van der Waals surface area contributed by atoms with Gasteiger partial charge in [0, 0.05) is 19.5 Å². The molecule has 2 fully saturated rings. The van der Waals surface area contributed by atoms with Gasteiger partial charge in [-0.05, 0) is 31.4 Å². The first-order valence-corrected chi connectivity index (χ1v) is 8.57. The van der Waals surface area contributed by atoms with E-state index in [1.807, 2.05) is 0 Å². The average molecular weight is 350 g/mol. The van der Waals surface area contributed by atoms with Crippen LogP contribution >= 0.6 is 11.6 Å². The lowest BCUT2D eigenvalue weighted by Crippen LogP contribution is -2.47. The van der Waals surface area contributed by atoms with E-state index < -0.39 is 12.0 Å². The minimum atomic E-state index is -0.510. The van der Waals surface area contributed by atoms with Crippen molar-refractivity contribution in [3.63, 3.8) is 0 Å². The van der Waals surface area contributed by atoms with Crippen LogP contribution in [0.1, 0.15) is 25.7 Å². The first-order valence-electron chi connectivity index (χ1n) is 8.19. The molecule has 2 heterocycles. The number of carbonyl (C=O) groups excluding carboxylic acids is 3. The molecule has 0 aromatic heterocycles. The normalized spacial score (nSPS) is 24.5. The molecule has 0 spiro atoms. The summed E-state index contributed by atoms with van der Waals surface area (Å²) >= 11 is 6.14. The molecule has 128 valence electrons. The van der Waals surface area contributed by atoms with Crippen LogP contribution in [0.25, 0.3) is 0 Å². The Morgan fingerprint density at radius 2 is 2.04 bits per heavy atom. The van der Waals surface area contributed by atoms with Gasteiger partial charge < -0.3 is 15.5 Å². The van der Waals surface area contributed by atoms with Crippen molar-refractivity contribution in [1.29, 1.82) is 0 Å². The molecule has 2 saturated heterocycles. The van der Waals surface area contributed by atoms with E-state index >= 15 is 0 Å². The maximum absolute atomic E-state index is 12.5. The Balaban J connectivity index is 1.66. The quantitative estimate of drug-likeness (QED) is 0.867. The number of benzene rings is 1. The number of hydrogen-bond acceptors (Lipinski definition) is 3. The van der Waals surface area contributed by atoms with Gasteiger partial charge in [0.25, 0.3) is 0 Å². The van der Waals surface area contributed by atoms with Crippen molar-refractivity contribution in [2.24, 2.45) is 5.92 Å². The van der Waals surface area contributed by atoms with Crippen molar-refractivity contribution >= 4 is 35.0 Å². The second-order valence-corrected chi connectivity index (χ2v) is 6.61. The molecule has 1 aromatic carbocycles. The van der Waals surface area contributed by atoms with Crippen LogP contribution in [0.3, 0.4) is 0 Å². The van der Waals surface area contributed by atoms with Gasteiger partial charge in [-0.3, -0.25) is 14.4 Å². The average Bonchev–Trinajstić information content (AvgIpc) is 2.83. The van der Waals surface area contributed by atoms with Crippen LogP contribution < -0.4 is 15.5 Å². The van der Waals surface area contributed by atoms with Crippen LogP contribution in [0.4, 0.5) is 5.69 Å². The molecule has 3 amide bonds. The highest BCUT2D eigenvalue weighted by Gasteiger charge is 2.37. The lowest BCUT2D eigenvalue weighted by Gasteiger charge is -2.19. The summed E-state index contributed by atoms with van der Waals surface area (Å²) in [6.07, 6.45) is 2.57. The number of anilines is 1. The Morgan fingerprint density at radius 1 is 1.25 bits per heavy atom. The lowest BCUT2D eigenvalue weighted by molar-refractivity contribution is -0.131. The van der Waals surface area contributed by atoms with Gasteiger partial charge in [-0.25, -0.2) is 0 Å². The van der Waals surface area contributed by atoms with Crippen LogP contribution in [0, 0.1) is 5.92 Å². The van der Waals surface area contributed by atoms with Gasteiger partial charge >= 0.3 is 0 Å². The number of amides is 3. The molecule has 6 nitrogen and oxygen atoms in total. The largest absolute Gasteiger partial charge is 0.354 e. The van der Waals surface area contributed by atoms with Crippen molar-refractivity contribution in [2.75, 3.05) is 18.0 Å². The monoisotopic (exact) mass is 349 g/mol. The van der Waals surface area contributed by atoms with Gasteiger partial charge in [0.2, 0.25) is 17.7 Å². The molecule has 24 heavy (non-hydrogen) atoms. The van der Waals surface area contributed by atoms with Crippen molar-refractivity contribution in [1.82, 2.24) is 10.6 Å². The number of para-hydroxylation sites is 1. The molecule has 2 aliphatic heterocycles. The third kappa shape index (κ3) is 3.53. The van der Waals surface area contributed by atoms with E-state index in [9.17, 15) is 14.4 Å². The summed E-state index contributed by atoms with van der Waals surface area (Å²) in [5, 5.41) is 6.07. The maximum Gasteiger partial charge on any atom is 0.242 e. The summed E-state index contributed by atoms with van der Waals surface area (Å²) in [4.78, 5) is 38.2. The Bertz CT molecular complexity index is 664. The van der Waals surface area contributed by atoms with E-state index in [0.717, 1.165) is 12.8 Å². The maximum atomic E-state index is 12.5. The Morgan fingerprint density at radius 3 is 2.83 bits per heavy atom. The fraction of sp³-hybridized carbons (Fsp3) is 0.471. The van der Waals surface area contributed by atoms with Crippen LogP contribution in [-0.4, -0.2) is 36.9 Å². The predicted molar refractivity (Wildman–Crippen MR) is 90.7 cm³/mol. The van der Waals surface area contributed by atoms with Crippen LogP contribution in [-0.2, 0) is 14.4 Å². The fourth-order valence-electron chi connectivity index (χ4n) is 3.15. The van der Waals surface area contributed by atoms with E-state index in [1.165, 1.54) is 0 Å². The topological polar surface area (TPSA) is 78.5 Å². The Kier molecular flexibility index (Phi) is 5.04. The number of halogens is 1. The van der Waals surface area contributed by atoms with E-state index in [-0.39, 0.29) is 30.7 Å². The predicted octanol–water partition coefficient (Wildman–Crippen LogP) is 1.48. The summed E-state index contributed by atoms with van der Waals surface area (Å²) in [6.45, 7) is 0.927. The third-order valence-electron chi connectivity index (χ3n) is 4.49. The molecule has 2 unspecified atom stereocenters. The molecule has 7 heteroatoms. The number of hydrogen-bond donors (Lipinski definition) is 2. The zero-order chi connectivity index (χ0) is 17.1. The molecule has 0 aliphatic carbocycles. The SMILES string of the molecule is O=C(NC1CCCCNC1=O)C1CC(=O)N(c2ccccc2Cl)C1. The van der Waals surface area contributed by atoms with Gasteiger partial charge in [-0.1, -0.05) is 23.7 Å². The molecular weight excluding hydrogens is 330 g/mol. The van der Waals surface area contributed by atoms with E-state index in [1.54, 1.807) is 29.2 Å². The number of carbonyl (C=O) groups is 3. The molecule has 2 aliphatic rings. The summed E-state index contributed by atoms with van der Waals surface area (Å²) in [7, 11) is 0.